The van der Waals surface area contributed by atoms with Gasteiger partial charge >= 0.3 is 0 Å². The standard InChI is InChI=1S/C11H12O2/c1-8-5-3-4-6-10(8)11(13)9(2)7-12/h3-7,9H,1-2H3. The van der Waals surface area contributed by atoms with Crippen LogP contribution < -0.4 is 0 Å². The molecule has 0 radical (unpaired) electrons. The highest BCUT2D eigenvalue weighted by molar-refractivity contribution is 6.05. The summed E-state index contributed by atoms with van der Waals surface area (Å²) in [6, 6.07) is 7.29. The first-order valence-corrected chi connectivity index (χ1v) is 4.22. The van der Waals surface area contributed by atoms with Gasteiger partial charge in [-0.05, 0) is 19.4 Å². The van der Waals surface area contributed by atoms with Crippen LogP contribution in [-0.4, -0.2) is 12.1 Å². The van der Waals surface area contributed by atoms with Crippen molar-refractivity contribution in [3.63, 3.8) is 0 Å². The van der Waals surface area contributed by atoms with E-state index in [1.54, 1.807) is 19.1 Å². The molecular formula is C11H12O2. The molecule has 1 unspecified atom stereocenters. The zero-order chi connectivity index (χ0) is 9.84. The summed E-state index contributed by atoms with van der Waals surface area (Å²) in [6.45, 7) is 3.48. The molecule has 0 aliphatic heterocycles. The molecule has 1 rings (SSSR count). The maximum Gasteiger partial charge on any atom is 0.172 e. The van der Waals surface area contributed by atoms with Crippen LogP contribution in [0.15, 0.2) is 24.3 Å². The Labute approximate surface area is 77.6 Å². The van der Waals surface area contributed by atoms with Crippen molar-refractivity contribution in [3.05, 3.63) is 35.4 Å². The van der Waals surface area contributed by atoms with E-state index < -0.39 is 5.92 Å². The van der Waals surface area contributed by atoms with Gasteiger partial charge in [-0.25, -0.2) is 0 Å². The van der Waals surface area contributed by atoms with Crippen molar-refractivity contribution in [3.8, 4) is 0 Å². The lowest BCUT2D eigenvalue weighted by molar-refractivity contribution is -0.109. The molecule has 0 bridgehead atoms. The molecule has 0 aliphatic rings. The number of benzene rings is 1. The normalized spacial score (nSPS) is 12.2. The van der Waals surface area contributed by atoms with Gasteiger partial charge in [-0.1, -0.05) is 24.3 Å². The van der Waals surface area contributed by atoms with Gasteiger partial charge in [0.1, 0.15) is 6.29 Å². The van der Waals surface area contributed by atoms with Gasteiger partial charge in [0.05, 0.1) is 5.92 Å². The topological polar surface area (TPSA) is 34.1 Å². The highest BCUT2D eigenvalue weighted by Gasteiger charge is 2.15. The Morgan fingerprint density at radius 1 is 1.38 bits per heavy atom. The Balaban J connectivity index is 3.02. The number of carbonyl (C=O) groups is 2. The third-order valence-electron chi connectivity index (χ3n) is 2.03. The minimum atomic E-state index is -0.541. The number of aryl methyl sites for hydroxylation is 1. The van der Waals surface area contributed by atoms with E-state index >= 15 is 0 Å². The fourth-order valence-corrected chi connectivity index (χ4v) is 1.16. The van der Waals surface area contributed by atoms with Gasteiger partial charge in [-0.15, -0.1) is 0 Å². The van der Waals surface area contributed by atoms with Gasteiger partial charge in [0.15, 0.2) is 5.78 Å². The van der Waals surface area contributed by atoms with Crippen LogP contribution in [0, 0.1) is 12.8 Å². The smallest absolute Gasteiger partial charge is 0.172 e. The predicted molar refractivity (Wildman–Crippen MR) is 50.7 cm³/mol. The molecule has 13 heavy (non-hydrogen) atoms. The van der Waals surface area contributed by atoms with Crippen molar-refractivity contribution in [2.24, 2.45) is 5.92 Å². The van der Waals surface area contributed by atoms with E-state index in [1.165, 1.54) is 0 Å². The van der Waals surface area contributed by atoms with Crippen LogP contribution >= 0.6 is 0 Å². The van der Waals surface area contributed by atoms with Gasteiger partial charge in [0.2, 0.25) is 0 Å². The molecular weight excluding hydrogens is 164 g/mol. The minimum absolute atomic E-state index is 0.104. The van der Waals surface area contributed by atoms with Crippen molar-refractivity contribution in [1.29, 1.82) is 0 Å². The molecule has 1 atom stereocenters. The number of ketones is 1. The average molecular weight is 176 g/mol. The average Bonchev–Trinajstić information content (AvgIpc) is 2.16. The number of hydrogen-bond donors (Lipinski definition) is 0. The number of carbonyl (C=O) groups excluding carboxylic acids is 2. The first kappa shape index (κ1) is 9.65. The lowest BCUT2D eigenvalue weighted by Gasteiger charge is -2.05. The zero-order valence-electron chi connectivity index (χ0n) is 7.78. The summed E-state index contributed by atoms with van der Waals surface area (Å²) in [5.41, 5.74) is 1.56. The van der Waals surface area contributed by atoms with Gasteiger partial charge < -0.3 is 4.79 Å². The Hall–Kier alpha value is -1.44. The number of Topliss-reactive ketones (excluding diaryl/α,β-unsaturated/α-hetero) is 1. The van der Waals surface area contributed by atoms with Gasteiger partial charge in [0.25, 0.3) is 0 Å². The van der Waals surface area contributed by atoms with Crippen LogP contribution in [0.2, 0.25) is 0 Å². The summed E-state index contributed by atoms with van der Waals surface area (Å²) in [5.74, 6) is -0.644. The molecule has 0 N–H and O–H groups in total. The molecule has 2 heteroatoms. The monoisotopic (exact) mass is 176 g/mol. The highest BCUT2D eigenvalue weighted by atomic mass is 16.1. The van der Waals surface area contributed by atoms with Crippen molar-refractivity contribution >= 4 is 12.1 Å². The first-order chi connectivity index (χ1) is 6.16. The molecule has 68 valence electrons. The summed E-state index contributed by atoms with van der Waals surface area (Å²) in [4.78, 5) is 22.0. The van der Waals surface area contributed by atoms with Crippen molar-refractivity contribution in [1.82, 2.24) is 0 Å². The summed E-state index contributed by atoms with van der Waals surface area (Å²) in [7, 11) is 0. The highest BCUT2D eigenvalue weighted by Crippen LogP contribution is 2.11. The van der Waals surface area contributed by atoms with Gasteiger partial charge in [-0.3, -0.25) is 4.79 Å². The van der Waals surface area contributed by atoms with E-state index in [0.717, 1.165) is 5.56 Å². The Bertz CT molecular complexity index is 329. The third kappa shape index (κ3) is 2.02. The van der Waals surface area contributed by atoms with E-state index in [1.807, 2.05) is 19.1 Å². The summed E-state index contributed by atoms with van der Waals surface area (Å²) in [6.07, 6.45) is 0.675. The maximum atomic E-state index is 11.6. The summed E-state index contributed by atoms with van der Waals surface area (Å²) < 4.78 is 0. The lowest BCUT2D eigenvalue weighted by Crippen LogP contribution is -2.13. The number of rotatable bonds is 3. The molecule has 0 aliphatic carbocycles. The molecule has 1 aromatic rings. The third-order valence-corrected chi connectivity index (χ3v) is 2.03. The minimum Gasteiger partial charge on any atom is -0.303 e. The fraction of sp³-hybridized carbons (Fsp3) is 0.273. The summed E-state index contributed by atoms with van der Waals surface area (Å²) in [5, 5.41) is 0. The maximum absolute atomic E-state index is 11.6. The predicted octanol–water partition coefficient (Wildman–Crippen LogP) is 2.01. The van der Waals surface area contributed by atoms with E-state index in [-0.39, 0.29) is 5.78 Å². The Morgan fingerprint density at radius 3 is 2.54 bits per heavy atom. The van der Waals surface area contributed by atoms with Crippen LogP contribution in [0.3, 0.4) is 0 Å². The molecule has 0 amide bonds. The van der Waals surface area contributed by atoms with Crippen LogP contribution in [0.25, 0.3) is 0 Å². The van der Waals surface area contributed by atoms with Crippen LogP contribution in [0.4, 0.5) is 0 Å². The van der Waals surface area contributed by atoms with Crippen LogP contribution in [0.1, 0.15) is 22.8 Å². The largest absolute Gasteiger partial charge is 0.303 e. The molecule has 0 saturated heterocycles. The zero-order valence-corrected chi connectivity index (χ0v) is 7.78. The molecule has 0 saturated carbocycles. The molecule has 0 spiro atoms. The second-order valence-corrected chi connectivity index (χ2v) is 3.10. The van der Waals surface area contributed by atoms with Crippen LogP contribution in [0.5, 0.6) is 0 Å². The Kier molecular flexibility index (Phi) is 2.96. The SMILES string of the molecule is Cc1ccccc1C(=O)C(C)C=O. The molecule has 2 nitrogen and oxygen atoms in total. The van der Waals surface area contributed by atoms with Crippen molar-refractivity contribution in [2.75, 3.05) is 0 Å². The van der Waals surface area contributed by atoms with Crippen LogP contribution in [-0.2, 0) is 4.79 Å². The van der Waals surface area contributed by atoms with Gasteiger partial charge in [-0.2, -0.15) is 0 Å². The second kappa shape index (κ2) is 3.99. The summed E-state index contributed by atoms with van der Waals surface area (Å²) >= 11 is 0. The van der Waals surface area contributed by atoms with Crippen molar-refractivity contribution < 1.29 is 9.59 Å². The van der Waals surface area contributed by atoms with E-state index in [2.05, 4.69) is 0 Å². The van der Waals surface area contributed by atoms with E-state index in [9.17, 15) is 9.59 Å². The molecule has 0 fully saturated rings. The molecule has 0 heterocycles. The van der Waals surface area contributed by atoms with Gasteiger partial charge in [0, 0.05) is 5.56 Å². The van der Waals surface area contributed by atoms with E-state index in [0.29, 0.717) is 11.8 Å². The Morgan fingerprint density at radius 2 is 2.00 bits per heavy atom. The quantitative estimate of drug-likeness (QED) is 0.401. The number of aldehydes is 1. The first-order valence-electron chi connectivity index (χ1n) is 4.22. The fourth-order valence-electron chi connectivity index (χ4n) is 1.16. The number of hydrogen-bond acceptors (Lipinski definition) is 2. The molecule has 0 aromatic heterocycles. The van der Waals surface area contributed by atoms with Crippen molar-refractivity contribution in [2.45, 2.75) is 13.8 Å². The molecule has 1 aromatic carbocycles. The lowest BCUT2D eigenvalue weighted by atomic mass is 9.97. The second-order valence-electron chi connectivity index (χ2n) is 3.10. The van der Waals surface area contributed by atoms with E-state index in [4.69, 9.17) is 0 Å².